The second-order valence-electron chi connectivity index (χ2n) is 35.5. The topological polar surface area (TPSA) is 572 Å². The lowest BCUT2D eigenvalue weighted by molar-refractivity contribution is -0.118. The van der Waals surface area contributed by atoms with E-state index in [1.54, 1.807) is 52.4 Å². The number of pyridine rings is 6. The van der Waals surface area contributed by atoms with E-state index in [-0.39, 0.29) is 101 Å². The maximum atomic E-state index is 13.5. The molecule has 0 radical (unpaired) electrons. The molecule has 21 N–H and O–H groups in total. The lowest BCUT2D eigenvalue weighted by atomic mass is 9.89. The Morgan fingerprint density at radius 1 is 0.381 bits per heavy atom. The second-order valence-corrected chi connectivity index (χ2v) is 35.9. The van der Waals surface area contributed by atoms with E-state index in [0.29, 0.717) is 109 Å². The maximum Gasteiger partial charge on any atom is 0.222 e. The van der Waals surface area contributed by atoms with Crippen LogP contribution in [0.2, 0.25) is 5.02 Å². The smallest absolute Gasteiger partial charge is 0.222 e. The van der Waals surface area contributed by atoms with Crippen molar-refractivity contribution in [3.05, 3.63) is 107 Å². The van der Waals surface area contributed by atoms with Gasteiger partial charge in [0.05, 0.1) is 93.2 Å². The van der Waals surface area contributed by atoms with Crippen LogP contribution in [-0.2, 0) is 14.4 Å². The number of aliphatic hydroxyl groups excluding tert-OH is 3. The molecule has 0 aliphatic carbocycles. The second kappa shape index (κ2) is 51.1. The molecule has 1 unspecified atom stereocenters. The van der Waals surface area contributed by atoms with Gasteiger partial charge in [0.15, 0.2) is 34.9 Å². The standard InChI is InChI=1S/2C18H27N5O.C17H24ClN5O.2C14H20FN5O.C13H18FN5O/c1-5-6-9-18(4,10-7-13(3)24)23-16-15-14(21-17(19)22-16)12(2)8-11-20-15;1-5-6-8-18(4,9-7-13(3)24)23-16-15-14(21-17(19)22-16)10-12(2)11-20-15;1-4-5-7-17(3,8-6-11(2)24)23-15-14-13(21-16(19)22-15)9-12(18)10-20-14;2*1-3-4-5-14(2,8-21)20-12-11-10(18-13(16)19-12)6-9(15)7-17-11;1-3-4-8(6-20)17-12-11-10(18-13(15)19-12)5-9(14)7(2)16-11/h8,11H,5-7,9-10H2,1-4H3,(H3,19,21,22,23);10-11H,5-9H2,1-4H3,(H3,19,21,22,23);9-10H,4-8H2,1-3H3,(H3,19,21,22,23);2*6-7,21H,3-5,8H2,1-2H3,(H3,16,18,19,20);5,8,20H,3-4,6H2,1-2H3,(H3,15,17,18,19)/t2*18-;17-;14-;;8-/m1100.0/s1. The summed E-state index contributed by atoms with van der Waals surface area (Å²) in [6.07, 6.45) is 27.7. The number of carbonyl (C=O) groups is 3. The molecular formula is C94H136ClF3N30O6. The molecule has 12 aromatic heterocycles. The number of ketones is 3. The quantitative estimate of drug-likeness (QED) is 0.0169. The highest BCUT2D eigenvalue weighted by molar-refractivity contribution is 6.31. The van der Waals surface area contributed by atoms with E-state index in [9.17, 15) is 42.9 Å². The molecule has 0 saturated heterocycles. The summed E-state index contributed by atoms with van der Waals surface area (Å²) in [5.41, 5.74) is 41.5. The minimum atomic E-state index is -0.542. The number of aromatic nitrogens is 18. The number of anilines is 12. The van der Waals surface area contributed by atoms with Gasteiger partial charge in [-0.2, -0.15) is 29.9 Å². The molecule has 0 fully saturated rings. The van der Waals surface area contributed by atoms with Crippen molar-refractivity contribution in [2.75, 3.05) is 86.1 Å². The number of nitrogens with two attached hydrogens (primary N) is 6. The van der Waals surface area contributed by atoms with E-state index in [4.69, 9.17) is 46.0 Å². The number of nitrogen functional groups attached to an aromatic ring is 6. The highest BCUT2D eigenvalue weighted by Gasteiger charge is 2.32. The SMILES string of the molecule is CCCCC(C)(CO)Nc1nc(N)nc2cc(F)cnc12.CCCC[C@@](C)(CCC(C)=O)Nc1nc(N)nc2cc(Cl)cnc12.CCCC[C@@](C)(CO)Nc1nc(N)nc2cc(F)cnc12.CCCC[C@](C)(CCC(C)=O)Nc1nc(N)nc2c(C)ccnc12.CCCC[C@](C)(CCC(C)=O)Nc1nc(N)nc2cc(C)cnc12.CCC[C@@H](CO)Nc1nc(N)nc2cc(F)c(C)nc12. The van der Waals surface area contributed by atoms with Crippen molar-refractivity contribution in [3.63, 3.8) is 0 Å². The average Bonchev–Trinajstić information content (AvgIpc) is 0.836. The molecule has 6 atom stereocenters. The zero-order valence-corrected chi connectivity index (χ0v) is 81.2. The summed E-state index contributed by atoms with van der Waals surface area (Å²) in [6, 6.07) is 9.22. The number of rotatable bonds is 41. The van der Waals surface area contributed by atoms with Crippen molar-refractivity contribution in [1.29, 1.82) is 0 Å². The van der Waals surface area contributed by atoms with Gasteiger partial charge in [-0.05, 0) is 163 Å². The van der Waals surface area contributed by atoms with Crippen molar-refractivity contribution in [2.24, 2.45) is 0 Å². The number of unbranched alkanes of at least 4 members (excludes halogenated alkanes) is 5. The minimum absolute atomic E-state index is 0.0284. The van der Waals surface area contributed by atoms with E-state index in [1.165, 1.54) is 18.2 Å². The van der Waals surface area contributed by atoms with Crippen LogP contribution in [0.4, 0.5) is 83.8 Å². The van der Waals surface area contributed by atoms with Crippen LogP contribution in [0.3, 0.4) is 0 Å². The number of nitrogens with zero attached hydrogens (tertiary/aromatic N) is 18. The highest BCUT2D eigenvalue weighted by atomic mass is 35.5. The molecule has 0 aliphatic rings. The van der Waals surface area contributed by atoms with Crippen LogP contribution in [0.25, 0.3) is 66.2 Å². The van der Waals surface area contributed by atoms with Gasteiger partial charge in [-0.3, -0.25) is 9.97 Å². The molecule has 0 saturated carbocycles. The van der Waals surface area contributed by atoms with Crippen molar-refractivity contribution >= 4 is 166 Å². The van der Waals surface area contributed by atoms with E-state index in [1.807, 2.05) is 46.8 Å². The Balaban J connectivity index is 0.000000220. The zero-order chi connectivity index (χ0) is 98.8. The number of Topliss-reactive ketones (excluding diaryl/α,β-unsaturated/α-hetero) is 3. The molecule has 726 valence electrons. The Morgan fingerprint density at radius 3 is 1.07 bits per heavy atom. The summed E-state index contributed by atoms with van der Waals surface area (Å²) in [5.74, 6) is 2.99. The zero-order valence-electron chi connectivity index (χ0n) is 80.4. The molecule has 12 aromatic rings. The lowest BCUT2D eigenvalue weighted by Crippen LogP contribution is -2.39. The fourth-order valence-corrected chi connectivity index (χ4v) is 14.7. The van der Waals surface area contributed by atoms with Crippen LogP contribution in [-0.4, -0.2) is 176 Å². The third-order valence-electron chi connectivity index (χ3n) is 22.4. The van der Waals surface area contributed by atoms with Crippen LogP contribution in [0.15, 0.2) is 67.4 Å². The number of nitrogens with one attached hydrogen (secondary N) is 6. The molecule has 0 amide bonds. The summed E-state index contributed by atoms with van der Waals surface area (Å²) >= 11 is 5.99. The summed E-state index contributed by atoms with van der Waals surface area (Å²) in [7, 11) is 0. The lowest BCUT2D eigenvalue weighted by Gasteiger charge is -2.31. The summed E-state index contributed by atoms with van der Waals surface area (Å²) in [6.45, 7) is 33.1. The number of carbonyl (C=O) groups excluding carboxylic acids is 3. The van der Waals surface area contributed by atoms with Gasteiger partial charge in [-0.15, -0.1) is 0 Å². The van der Waals surface area contributed by atoms with Gasteiger partial charge in [-0.25, -0.2) is 63.0 Å². The van der Waals surface area contributed by atoms with Crippen LogP contribution < -0.4 is 66.3 Å². The van der Waals surface area contributed by atoms with Gasteiger partial charge in [0, 0.05) is 72.7 Å². The van der Waals surface area contributed by atoms with Gasteiger partial charge in [0.25, 0.3) is 0 Å². The first kappa shape index (κ1) is 109. The number of aryl methyl sites for hydroxylation is 3. The van der Waals surface area contributed by atoms with Crippen LogP contribution in [0.1, 0.15) is 261 Å². The van der Waals surface area contributed by atoms with E-state index < -0.39 is 28.5 Å². The summed E-state index contributed by atoms with van der Waals surface area (Å²) in [5, 5.41) is 49.0. The maximum absolute atomic E-state index is 13.5. The predicted octanol–water partition coefficient (Wildman–Crippen LogP) is 17.1. The van der Waals surface area contributed by atoms with E-state index in [0.717, 1.165) is 168 Å². The normalized spacial score (nSPS) is 13.6. The van der Waals surface area contributed by atoms with Crippen LogP contribution in [0, 0.1) is 38.2 Å². The fourth-order valence-electron chi connectivity index (χ4n) is 14.5. The number of halogens is 4. The largest absolute Gasteiger partial charge is 0.394 e. The third kappa shape index (κ3) is 33.3. The van der Waals surface area contributed by atoms with E-state index in [2.05, 4.69) is 177 Å². The predicted molar refractivity (Wildman–Crippen MR) is 531 cm³/mol. The molecule has 12 heterocycles. The molecule has 40 heteroatoms. The van der Waals surface area contributed by atoms with Gasteiger partial charge in [0.1, 0.15) is 67.9 Å². The summed E-state index contributed by atoms with van der Waals surface area (Å²) in [4.78, 5) is 110. The minimum Gasteiger partial charge on any atom is -0.394 e. The van der Waals surface area contributed by atoms with Crippen LogP contribution in [0.5, 0.6) is 0 Å². The van der Waals surface area contributed by atoms with E-state index >= 15 is 0 Å². The van der Waals surface area contributed by atoms with Crippen molar-refractivity contribution in [1.82, 2.24) is 89.7 Å². The molecular weight excluding hydrogens is 1740 g/mol. The van der Waals surface area contributed by atoms with Gasteiger partial charge < -0.3 is 96.0 Å². The Kier molecular flexibility index (Phi) is 41.4. The molecule has 0 spiro atoms. The monoisotopic (exact) mass is 1870 g/mol. The third-order valence-corrected chi connectivity index (χ3v) is 22.6. The van der Waals surface area contributed by atoms with Crippen molar-refractivity contribution in [3.8, 4) is 0 Å². The van der Waals surface area contributed by atoms with Gasteiger partial charge in [-0.1, -0.05) is 124 Å². The first-order valence-electron chi connectivity index (χ1n) is 45.6. The Bertz CT molecular complexity index is 5660. The molecule has 0 bridgehead atoms. The molecule has 0 aromatic carbocycles. The molecule has 0 aliphatic heterocycles. The average molecular weight is 1870 g/mol. The summed E-state index contributed by atoms with van der Waals surface area (Å²) < 4.78 is 40.0. The molecule has 134 heavy (non-hydrogen) atoms. The number of aliphatic hydroxyl groups is 3. The molecule has 12 rings (SSSR count). The van der Waals surface area contributed by atoms with Crippen molar-refractivity contribution in [2.45, 2.75) is 299 Å². The highest BCUT2D eigenvalue weighted by Crippen LogP contribution is 2.36. The number of hydrogen-bond acceptors (Lipinski definition) is 36. The Hall–Kier alpha value is -12.5. The Labute approximate surface area is 786 Å². The molecule has 36 nitrogen and oxygen atoms in total. The van der Waals surface area contributed by atoms with Crippen LogP contribution >= 0.6 is 11.6 Å². The number of fused-ring (bicyclic) bond motifs is 6. The first-order valence-corrected chi connectivity index (χ1v) is 46.0. The Morgan fingerprint density at radius 2 is 0.709 bits per heavy atom. The van der Waals surface area contributed by atoms with Crippen molar-refractivity contribution < 1.29 is 42.9 Å². The van der Waals surface area contributed by atoms with Gasteiger partial charge in [0.2, 0.25) is 35.7 Å². The first-order chi connectivity index (χ1) is 63.5. The fraction of sp³-hybridized carbons (Fsp3) is 0.521. The number of hydrogen-bond donors (Lipinski definition) is 15. The van der Waals surface area contributed by atoms with Gasteiger partial charge >= 0.3 is 0 Å².